The molecule has 0 aliphatic rings. The molecule has 0 fully saturated rings. The average Bonchev–Trinajstić information content (AvgIpc) is 2.41. The van der Waals surface area contributed by atoms with Gasteiger partial charge in [0.2, 0.25) is 0 Å². The van der Waals surface area contributed by atoms with Crippen molar-refractivity contribution in [1.29, 1.82) is 0 Å². The van der Waals surface area contributed by atoms with Gasteiger partial charge < -0.3 is 15.2 Å². The second-order valence-corrected chi connectivity index (χ2v) is 2.74. The summed E-state index contributed by atoms with van der Waals surface area (Å²) in [5.74, 6) is 0. The molecular weight excluding hydrogens is 170 g/mol. The maximum absolute atomic E-state index is 5.61. The SMILES string of the molecule is COCCOCn1cc(N)c(C)n1. The number of aromatic nitrogens is 2. The van der Waals surface area contributed by atoms with E-state index < -0.39 is 0 Å². The van der Waals surface area contributed by atoms with Crippen molar-refractivity contribution < 1.29 is 9.47 Å². The van der Waals surface area contributed by atoms with E-state index in [2.05, 4.69) is 5.10 Å². The Morgan fingerprint density at radius 3 is 2.85 bits per heavy atom. The number of nitrogens with zero attached hydrogens (tertiary/aromatic N) is 2. The summed E-state index contributed by atoms with van der Waals surface area (Å²) in [6.07, 6.45) is 1.75. The van der Waals surface area contributed by atoms with Gasteiger partial charge in [-0.2, -0.15) is 5.10 Å². The largest absolute Gasteiger partial charge is 0.396 e. The summed E-state index contributed by atoms with van der Waals surface area (Å²) < 4.78 is 11.7. The van der Waals surface area contributed by atoms with Crippen LogP contribution >= 0.6 is 0 Å². The molecule has 0 aliphatic heterocycles. The van der Waals surface area contributed by atoms with E-state index in [0.717, 1.165) is 5.69 Å². The highest BCUT2D eigenvalue weighted by Gasteiger charge is 1.99. The van der Waals surface area contributed by atoms with Crippen LogP contribution in [0.15, 0.2) is 6.20 Å². The molecule has 5 nitrogen and oxygen atoms in total. The van der Waals surface area contributed by atoms with E-state index in [1.54, 1.807) is 18.0 Å². The molecular formula is C8H15N3O2. The molecule has 5 heteroatoms. The highest BCUT2D eigenvalue weighted by atomic mass is 16.5. The molecule has 0 saturated carbocycles. The fourth-order valence-electron chi connectivity index (χ4n) is 0.900. The second-order valence-electron chi connectivity index (χ2n) is 2.74. The van der Waals surface area contributed by atoms with E-state index in [-0.39, 0.29) is 0 Å². The fraction of sp³-hybridized carbons (Fsp3) is 0.625. The van der Waals surface area contributed by atoms with Gasteiger partial charge in [-0.1, -0.05) is 0 Å². The van der Waals surface area contributed by atoms with E-state index in [1.165, 1.54) is 0 Å². The number of aryl methyl sites for hydroxylation is 1. The van der Waals surface area contributed by atoms with Crippen LogP contribution in [0.4, 0.5) is 5.69 Å². The zero-order valence-electron chi connectivity index (χ0n) is 7.99. The highest BCUT2D eigenvalue weighted by Crippen LogP contribution is 2.06. The molecule has 0 saturated heterocycles. The van der Waals surface area contributed by atoms with Crippen molar-refractivity contribution in [3.05, 3.63) is 11.9 Å². The summed E-state index contributed by atoms with van der Waals surface area (Å²) in [7, 11) is 1.64. The standard InChI is InChI=1S/C8H15N3O2/c1-7-8(9)5-11(10-7)6-13-4-3-12-2/h5H,3-4,6,9H2,1-2H3. The summed E-state index contributed by atoms with van der Waals surface area (Å²) in [5, 5.41) is 4.13. The van der Waals surface area contributed by atoms with Crippen LogP contribution in [0.3, 0.4) is 0 Å². The van der Waals surface area contributed by atoms with Crippen molar-refractivity contribution in [2.45, 2.75) is 13.7 Å². The van der Waals surface area contributed by atoms with Crippen molar-refractivity contribution in [2.24, 2.45) is 0 Å². The molecule has 0 radical (unpaired) electrons. The molecule has 2 N–H and O–H groups in total. The number of rotatable bonds is 5. The molecule has 1 rings (SSSR count). The third kappa shape index (κ3) is 3.04. The lowest BCUT2D eigenvalue weighted by molar-refractivity contribution is 0.0288. The van der Waals surface area contributed by atoms with Crippen molar-refractivity contribution in [3.8, 4) is 0 Å². The van der Waals surface area contributed by atoms with Gasteiger partial charge in [0, 0.05) is 7.11 Å². The zero-order valence-corrected chi connectivity index (χ0v) is 7.99. The van der Waals surface area contributed by atoms with Gasteiger partial charge in [0.15, 0.2) is 0 Å². The van der Waals surface area contributed by atoms with Gasteiger partial charge in [0.1, 0.15) is 6.73 Å². The molecule has 1 aromatic rings. The predicted octanol–water partition coefficient (Wildman–Crippen LogP) is 0.394. The van der Waals surface area contributed by atoms with Crippen LogP contribution in [0.2, 0.25) is 0 Å². The van der Waals surface area contributed by atoms with Crippen LogP contribution in [0.5, 0.6) is 0 Å². The van der Waals surface area contributed by atoms with E-state index >= 15 is 0 Å². The number of ether oxygens (including phenoxy) is 2. The van der Waals surface area contributed by atoms with Crippen LogP contribution in [0.1, 0.15) is 5.69 Å². The van der Waals surface area contributed by atoms with Crippen LogP contribution in [-0.2, 0) is 16.2 Å². The molecule has 1 heterocycles. The minimum atomic E-state index is 0.418. The van der Waals surface area contributed by atoms with Crippen molar-refractivity contribution in [2.75, 3.05) is 26.1 Å². The van der Waals surface area contributed by atoms with Crippen LogP contribution < -0.4 is 5.73 Å². The Bertz CT molecular complexity index is 240. The van der Waals surface area contributed by atoms with Gasteiger partial charge in [-0.3, -0.25) is 0 Å². The summed E-state index contributed by atoms with van der Waals surface area (Å²) in [4.78, 5) is 0. The lowest BCUT2D eigenvalue weighted by Gasteiger charge is -2.02. The van der Waals surface area contributed by atoms with Crippen LogP contribution in [-0.4, -0.2) is 30.1 Å². The first-order valence-corrected chi connectivity index (χ1v) is 4.10. The molecule has 1 aromatic heterocycles. The molecule has 0 amide bonds. The van der Waals surface area contributed by atoms with E-state index in [1.807, 2.05) is 6.92 Å². The Morgan fingerprint density at radius 2 is 2.31 bits per heavy atom. The molecule has 0 spiro atoms. The average molecular weight is 185 g/mol. The Labute approximate surface area is 77.4 Å². The van der Waals surface area contributed by atoms with E-state index in [9.17, 15) is 0 Å². The van der Waals surface area contributed by atoms with Gasteiger partial charge >= 0.3 is 0 Å². The molecule has 0 aromatic carbocycles. The summed E-state index contributed by atoms with van der Waals surface area (Å²) in [6.45, 7) is 3.44. The molecule has 0 unspecified atom stereocenters. The highest BCUT2D eigenvalue weighted by molar-refractivity contribution is 5.39. The molecule has 13 heavy (non-hydrogen) atoms. The molecule has 74 valence electrons. The van der Waals surface area contributed by atoms with Crippen molar-refractivity contribution >= 4 is 5.69 Å². The first-order valence-electron chi connectivity index (χ1n) is 4.10. The number of nitrogens with two attached hydrogens (primary N) is 1. The maximum Gasteiger partial charge on any atom is 0.139 e. The number of methoxy groups -OCH3 is 1. The Kier molecular flexibility index (Phi) is 3.72. The third-order valence-corrected chi connectivity index (χ3v) is 1.64. The quantitative estimate of drug-likeness (QED) is 0.674. The van der Waals surface area contributed by atoms with Crippen molar-refractivity contribution in [3.63, 3.8) is 0 Å². The van der Waals surface area contributed by atoms with Gasteiger partial charge in [0.25, 0.3) is 0 Å². The van der Waals surface area contributed by atoms with Crippen molar-refractivity contribution in [1.82, 2.24) is 9.78 Å². The summed E-state index contributed by atoms with van der Waals surface area (Å²) >= 11 is 0. The first-order chi connectivity index (χ1) is 6.24. The smallest absolute Gasteiger partial charge is 0.139 e. The van der Waals surface area contributed by atoms with Gasteiger partial charge in [-0.25, -0.2) is 4.68 Å². The second kappa shape index (κ2) is 4.84. The molecule has 0 aliphatic carbocycles. The lowest BCUT2D eigenvalue weighted by atomic mass is 10.4. The van der Waals surface area contributed by atoms with E-state index in [4.69, 9.17) is 15.2 Å². The Morgan fingerprint density at radius 1 is 1.54 bits per heavy atom. The number of anilines is 1. The molecule has 0 bridgehead atoms. The normalized spacial score (nSPS) is 10.6. The monoisotopic (exact) mass is 185 g/mol. The predicted molar refractivity (Wildman–Crippen MR) is 49.2 cm³/mol. The third-order valence-electron chi connectivity index (χ3n) is 1.64. The van der Waals surface area contributed by atoms with Gasteiger partial charge in [-0.15, -0.1) is 0 Å². The fourth-order valence-corrected chi connectivity index (χ4v) is 0.900. The number of nitrogen functional groups attached to an aromatic ring is 1. The van der Waals surface area contributed by atoms with Gasteiger partial charge in [0.05, 0.1) is 30.8 Å². The minimum Gasteiger partial charge on any atom is -0.396 e. The summed E-state index contributed by atoms with van der Waals surface area (Å²) in [5.41, 5.74) is 7.13. The Hall–Kier alpha value is -1.07. The Balaban J connectivity index is 2.29. The zero-order chi connectivity index (χ0) is 9.68. The van der Waals surface area contributed by atoms with E-state index in [0.29, 0.717) is 25.6 Å². The number of hydrogen-bond acceptors (Lipinski definition) is 4. The van der Waals surface area contributed by atoms with Gasteiger partial charge in [-0.05, 0) is 6.92 Å². The first kappa shape index (κ1) is 10.0. The topological polar surface area (TPSA) is 62.3 Å². The van der Waals surface area contributed by atoms with Crippen LogP contribution in [0.25, 0.3) is 0 Å². The molecule has 0 atom stereocenters. The number of hydrogen-bond donors (Lipinski definition) is 1. The lowest BCUT2D eigenvalue weighted by Crippen LogP contribution is -2.07. The summed E-state index contributed by atoms with van der Waals surface area (Å²) in [6, 6.07) is 0. The minimum absolute atomic E-state index is 0.418. The maximum atomic E-state index is 5.61. The van der Waals surface area contributed by atoms with Crippen LogP contribution in [0, 0.1) is 6.92 Å².